The third kappa shape index (κ3) is 1.22. The summed E-state index contributed by atoms with van der Waals surface area (Å²) in [7, 11) is 0. The summed E-state index contributed by atoms with van der Waals surface area (Å²) < 4.78 is 0.538. The van der Waals surface area contributed by atoms with Gasteiger partial charge in [0, 0.05) is 4.32 Å². The van der Waals surface area contributed by atoms with Crippen LogP contribution in [0.4, 0.5) is 0 Å². The number of halogens is 1. The van der Waals surface area contributed by atoms with Gasteiger partial charge in [-0.2, -0.15) is 0 Å². The first-order valence-electron chi connectivity index (χ1n) is 5.60. The van der Waals surface area contributed by atoms with E-state index in [0.717, 1.165) is 5.92 Å². The van der Waals surface area contributed by atoms with Gasteiger partial charge in [-0.1, -0.05) is 29.8 Å². The van der Waals surface area contributed by atoms with Crippen molar-refractivity contribution in [2.45, 2.75) is 56.7 Å². The molecule has 74 valence electrons. The van der Waals surface area contributed by atoms with E-state index in [1.54, 1.807) is 0 Å². The van der Waals surface area contributed by atoms with Crippen molar-refractivity contribution in [2.24, 2.45) is 16.7 Å². The van der Waals surface area contributed by atoms with Crippen molar-refractivity contribution in [3.8, 4) is 0 Å². The molecule has 4 fully saturated rings. The fourth-order valence-electron chi connectivity index (χ4n) is 5.31. The molecule has 0 heterocycles. The van der Waals surface area contributed by atoms with Gasteiger partial charge >= 0.3 is 0 Å². The Morgan fingerprint density at radius 1 is 0.923 bits per heavy atom. The Bertz CT molecular complexity index is 207. The average Bonchev–Trinajstić information content (AvgIpc) is 1.71. The van der Waals surface area contributed by atoms with Crippen LogP contribution in [0.5, 0.6) is 0 Å². The SMILES string of the molecule is C[C@@]12CC3CC(Br)(C1)C[C@@](C)(C3)C2. The van der Waals surface area contributed by atoms with Crippen LogP contribution in [0.3, 0.4) is 0 Å². The van der Waals surface area contributed by atoms with Crippen molar-refractivity contribution in [3.05, 3.63) is 0 Å². The lowest BCUT2D eigenvalue weighted by molar-refractivity contribution is -0.0755. The zero-order chi connectivity index (χ0) is 9.32. The Labute approximate surface area is 89.6 Å². The van der Waals surface area contributed by atoms with Crippen LogP contribution in [0.25, 0.3) is 0 Å². The van der Waals surface area contributed by atoms with Gasteiger partial charge in [0.15, 0.2) is 0 Å². The molecule has 0 aromatic heterocycles. The number of rotatable bonds is 0. The molecule has 0 aliphatic heterocycles. The summed E-state index contributed by atoms with van der Waals surface area (Å²) in [5, 5.41) is 0. The third-order valence-electron chi connectivity index (χ3n) is 4.56. The lowest BCUT2D eigenvalue weighted by atomic mass is 9.45. The average molecular weight is 243 g/mol. The first kappa shape index (κ1) is 8.76. The highest BCUT2D eigenvalue weighted by Gasteiger charge is 2.59. The molecular weight excluding hydrogens is 224 g/mol. The van der Waals surface area contributed by atoms with E-state index in [1.165, 1.54) is 38.5 Å². The van der Waals surface area contributed by atoms with Gasteiger partial charge in [-0.25, -0.2) is 0 Å². The maximum Gasteiger partial charge on any atom is 0.0271 e. The van der Waals surface area contributed by atoms with Crippen LogP contribution in [-0.2, 0) is 0 Å². The Morgan fingerprint density at radius 3 is 1.85 bits per heavy atom. The second-order valence-electron chi connectivity index (χ2n) is 6.78. The quantitative estimate of drug-likeness (QED) is 0.561. The molecule has 0 saturated heterocycles. The fraction of sp³-hybridized carbons (Fsp3) is 1.00. The molecule has 0 radical (unpaired) electrons. The van der Waals surface area contributed by atoms with Gasteiger partial charge in [-0.05, 0) is 55.3 Å². The van der Waals surface area contributed by atoms with E-state index < -0.39 is 0 Å². The van der Waals surface area contributed by atoms with Crippen molar-refractivity contribution < 1.29 is 0 Å². The molecule has 0 spiro atoms. The molecule has 4 saturated carbocycles. The van der Waals surface area contributed by atoms with E-state index in [-0.39, 0.29) is 0 Å². The van der Waals surface area contributed by atoms with Crippen LogP contribution in [0.15, 0.2) is 0 Å². The smallest absolute Gasteiger partial charge is 0.0271 e. The van der Waals surface area contributed by atoms with Crippen LogP contribution in [0.2, 0.25) is 0 Å². The highest BCUT2D eigenvalue weighted by Crippen LogP contribution is 2.68. The number of hydrogen-bond acceptors (Lipinski definition) is 0. The standard InChI is InChI=1S/C12H19Br/c1-10-3-9-4-11(2,6-10)8-12(13,5-9)7-10/h9H,3-8H2,1-2H3/t9?,10-,11-,12?/m0/s1. The lowest BCUT2D eigenvalue weighted by Crippen LogP contribution is -2.55. The first-order valence-corrected chi connectivity index (χ1v) is 6.39. The summed E-state index contributed by atoms with van der Waals surface area (Å²) in [6.07, 6.45) is 8.84. The molecule has 2 atom stereocenters. The van der Waals surface area contributed by atoms with Crippen molar-refractivity contribution in [1.82, 2.24) is 0 Å². The molecule has 4 rings (SSSR count). The van der Waals surface area contributed by atoms with Gasteiger partial charge in [0.2, 0.25) is 0 Å². The van der Waals surface area contributed by atoms with Crippen molar-refractivity contribution in [2.75, 3.05) is 0 Å². The second-order valence-corrected chi connectivity index (χ2v) is 8.46. The maximum atomic E-state index is 4.03. The summed E-state index contributed by atoms with van der Waals surface area (Å²) in [6, 6.07) is 0. The van der Waals surface area contributed by atoms with Gasteiger partial charge in [0.1, 0.15) is 0 Å². The number of alkyl halides is 1. The van der Waals surface area contributed by atoms with Gasteiger partial charge < -0.3 is 0 Å². The Balaban J connectivity index is 2.03. The maximum absolute atomic E-state index is 4.03. The molecule has 4 aliphatic carbocycles. The van der Waals surface area contributed by atoms with E-state index >= 15 is 0 Å². The minimum absolute atomic E-state index is 0.538. The van der Waals surface area contributed by atoms with Gasteiger partial charge in [0.05, 0.1) is 0 Å². The van der Waals surface area contributed by atoms with Crippen LogP contribution < -0.4 is 0 Å². The topological polar surface area (TPSA) is 0 Å². The summed E-state index contributed by atoms with van der Waals surface area (Å²) in [4.78, 5) is 0. The Morgan fingerprint density at radius 2 is 1.46 bits per heavy atom. The van der Waals surface area contributed by atoms with E-state index in [9.17, 15) is 0 Å². The van der Waals surface area contributed by atoms with Crippen LogP contribution in [-0.4, -0.2) is 4.32 Å². The van der Waals surface area contributed by atoms with Gasteiger partial charge in [-0.15, -0.1) is 0 Å². The second kappa shape index (κ2) is 2.18. The molecule has 0 aromatic rings. The molecule has 4 aliphatic rings. The minimum atomic E-state index is 0.538. The molecule has 0 nitrogen and oxygen atoms in total. The fourth-order valence-corrected chi connectivity index (χ4v) is 7.12. The lowest BCUT2D eigenvalue weighted by Gasteiger charge is -2.63. The van der Waals surface area contributed by atoms with Crippen molar-refractivity contribution in [3.63, 3.8) is 0 Å². The molecule has 0 N–H and O–H groups in total. The summed E-state index contributed by atoms with van der Waals surface area (Å²) in [5.74, 6) is 1.03. The van der Waals surface area contributed by atoms with Crippen molar-refractivity contribution >= 4 is 15.9 Å². The predicted molar refractivity (Wildman–Crippen MR) is 59.1 cm³/mol. The normalized spacial score (nSPS) is 64.4. The minimum Gasteiger partial charge on any atom is -0.0853 e. The first-order chi connectivity index (χ1) is 5.91. The van der Waals surface area contributed by atoms with E-state index in [1.807, 2.05) is 0 Å². The highest BCUT2D eigenvalue weighted by atomic mass is 79.9. The summed E-state index contributed by atoms with van der Waals surface area (Å²) >= 11 is 4.03. The molecule has 0 amide bonds. The largest absolute Gasteiger partial charge is 0.0853 e. The predicted octanol–water partition coefficient (Wildman–Crippen LogP) is 4.13. The van der Waals surface area contributed by atoms with E-state index in [4.69, 9.17) is 0 Å². The van der Waals surface area contributed by atoms with Gasteiger partial charge in [0.25, 0.3) is 0 Å². The Kier molecular flexibility index (Phi) is 1.47. The number of hydrogen-bond donors (Lipinski definition) is 0. The molecule has 0 aromatic carbocycles. The zero-order valence-corrected chi connectivity index (χ0v) is 10.3. The van der Waals surface area contributed by atoms with Gasteiger partial charge in [-0.3, -0.25) is 0 Å². The van der Waals surface area contributed by atoms with Crippen LogP contribution in [0.1, 0.15) is 52.4 Å². The monoisotopic (exact) mass is 242 g/mol. The summed E-state index contributed by atoms with van der Waals surface area (Å²) in [5.41, 5.74) is 1.36. The Hall–Kier alpha value is 0.480. The van der Waals surface area contributed by atoms with Crippen LogP contribution in [0, 0.1) is 16.7 Å². The molecule has 0 unspecified atom stereocenters. The molecule has 4 bridgehead atoms. The molecule has 13 heavy (non-hydrogen) atoms. The van der Waals surface area contributed by atoms with Crippen LogP contribution >= 0.6 is 15.9 Å². The zero-order valence-electron chi connectivity index (χ0n) is 8.70. The highest BCUT2D eigenvalue weighted by molar-refractivity contribution is 9.10. The van der Waals surface area contributed by atoms with Crippen molar-refractivity contribution in [1.29, 1.82) is 0 Å². The third-order valence-corrected chi connectivity index (χ3v) is 5.44. The molecular formula is C12H19Br. The molecule has 1 heteroatoms. The van der Waals surface area contributed by atoms with E-state index in [0.29, 0.717) is 15.2 Å². The van der Waals surface area contributed by atoms with E-state index in [2.05, 4.69) is 29.8 Å². The summed E-state index contributed by atoms with van der Waals surface area (Å²) in [6.45, 7) is 5.04.